The number of benzene rings is 1. The number of methoxy groups -OCH3 is 1. The van der Waals surface area contributed by atoms with Crippen LogP contribution in [0.25, 0.3) is 0 Å². The Bertz CT molecular complexity index is 435. The highest BCUT2D eigenvalue weighted by Crippen LogP contribution is 2.36. The molecule has 0 spiro atoms. The molecule has 0 atom stereocenters. The first-order valence-electron chi connectivity index (χ1n) is 5.60. The van der Waals surface area contributed by atoms with Crippen LogP contribution in [0.15, 0.2) is 18.2 Å². The van der Waals surface area contributed by atoms with Crippen LogP contribution in [0.2, 0.25) is 0 Å². The van der Waals surface area contributed by atoms with Crippen LogP contribution in [0.3, 0.4) is 0 Å². The Morgan fingerprint density at radius 3 is 2.65 bits per heavy atom. The molecule has 92 valence electrons. The third-order valence-corrected chi connectivity index (χ3v) is 3.52. The number of carbonyl (C=O) groups excluding carboxylic acids is 1. The Hall–Kier alpha value is -1.39. The van der Waals surface area contributed by atoms with Gasteiger partial charge in [0, 0.05) is 5.56 Å². The van der Waals surface area contributed by atoms with E-state index in [1.54, 1.807) is 13.2 Å². The lowest BCUT2D eigenvalue weighted by Gasteiger charge is -2.33. The van der Waals surface area contributed by atoms with Crippen LogP contribution in [0.1, 0.15) is 22.3 Å². The van der Waals surface area contributed by atoms with Gasteiger partial charge in [-0.1, -0.05) is 6.07 Å². The minimum absolute atomic E-state index is 0.192. The standard InChI is InChI=1S/C13H16O4/c1-17-10-3-2-9-4-5-13(7-14,8-15)12(16)11(9)6-10/h2-3,6,14-15H,4-5,7-8H2,1H3. The third kappa shape index (κ3) is 1.83. The van der Waals surface area contributed by atoms with Crippen LogP contribution in [-0.2, 0) is 6.42 Å². The zero-order chi connectivity index (χ0) is 12.5. The fourth-order valence-electron chi connectivity index (χ4n) is 2.24. The highest BCUT2D eigenvalue weighted by Gasteiger charge is 2.41. The van der Waals surface area contributed by atoms with Gasteiger partial charge in [0.2, 0.25) is 0 Å². The van der Waals surface area contributed by atoms with E-state index in [-0.39, 0.29) is 19.0 Å². The van der Waals surface area contributed by atoms with Gasteiger partial charge in [0.15, 0.2) is 5.78 Å². The summed E-state index contributed by atoms with van der Waals surface area (Å²) >= 11 is 0. The largest absolute Gasteiger partial charge is 0.497 e. The second-order valence-electron chi connectivity index (χ2n) is 4.45. The molecule has 0 saturated heterocycles. The van der Waals surface area contributed by atoms with Gasteiger partial charge < -0.3 is 14.9 Å². The molecule has 1 aliphatic rings. The van der Waals surface area contributed by atoms with Crippen LogP contribution in [0.5, 0.6) is 5.75 Å². The number of ketones is 1. The molecular weight excluding hydrogens is 220 g/mol. The maximum Gasteiger partial charge on any atom is 0.174 e. The Morgan fingerprint density at radius 2 is 2.06 bits per heavy atom. The molecule has 2 rings (SSSR count). The van der Waals surface area contributed by atoms with Gasteiger partial charge in [0.1, 0.15) is 5.75 Å². The normalized spacial score (nSPS) is 17.7. The van der Waals surface area contributed by atoms with E-state index < -0.39 is 5.41 Å². The molecule has 1 aromatic rings. The lowest BCUT2D eigenvalue weighted by atomic mass is 9.71. The predicted octanol–water partition coefficient (Wildman–Crippen LogP) is 0.795. The minimum Gasteiger partial charge on any atom is -0.497 e. The molecule has 0 bridgehead atoms. The smallest absolute Gasteiger partial charge is 0.174 e. The summed E-state index contributed by atoms with van der Waals surface area (Å²) in [6.45, 7) is -0.641. The van der Waals surface area contributed by atoms with Crippen LogP contribution >= 0.6 is 0 Å². The van der Waals surface area contributed by atoms with Crippen molar-refractivity contribution in [3.05, 3.63) is 29.3 Å². The Kier molecular flexibility index (Phi) is 3.17. The van der Waals surface area contributed by atoms with Crippen molar-refractivity contribution in [1.82, 2.24) is 0 Å². The number of rotatable bonds is 3. The van der Waals surface area contributed by atoms with Gasteiger partial charge in [-0.25, -0.2) is 0 Å². The van der Waals surface area contributed by atoms with Crippen molar-refractivity contribution in [3.63, 3.8) is 0 Å². The van der Waals surface area contributed by atoms with E-state index in [1.807, 2.05) is 12.1 Å². The summed E-state index contributed by atoms with van der Waals surface area (Å²) in [6, 6.07) is 5.36. The third-order valence-electron chi connectivity index (χ3n) is 3.52. The van der Waals surface area contributed by atoms with Gasteiger partial charge in [-0.15, -0.1) is 0 Å². The second kappa shape index (κ2) is 4.47. The number of carbonyl (C=O) groups is 1. The molecule has 0 amide bonds. The molecule has 0 unspecified atom stereocenters. The van der Waals surface area contributed by atoms with Crippen molar-refractivity contribution in [2.24, 2.45) is 5.41 Å². The quantitative estimate of drug-likeness (QED) is 0.814. The van der Waals surface area contributed by atoms with Gasteiger partial charge in [-0.3, -0.25) is 4.79 Å². The van der Waals surface area contributed by atoms with Crippen molar-refractivity contribution in [3.8, 4) is 5.75 Å². The monoisotopic (exact) mass is 236 g/mol. The van der Waals surface area contributed by atoms with Crippen LogP contribution < -0.4 is 4.74 Å². The molecule has 1 aromatic carbocycles. The zero-order valence-corrected chi connectivity index (χ0v) is 9.77. The van der Waals surface area contributed by atoms with Crippen molar-refractivity contribution in [2.45, 2.75) is 12.8 Å². The first-order valence-corrected chi connectivity index (χ1v) is 5.60. The number of hydrogen-bond donors (Lipinski definition) is 2. The first-order chi connectivity index (χ1) is 8.16. The number of aliphatic hydroxyl groups is 2. The maximum atomic E-state index is 12.3. The summed E-state index contributed by atoms with van der Waals surface area (Å²) < 4.78 is 5.09. The summed E-state index contributed by atoms with van der Waals surface area (Å²) in [5.74, 6) is 0.423. The number of fused-ring (bicyclic) bond motifs is 1. The molecule has 0 heterocycles. The van der Waals surface area contributed by atoms with Crippen LogP contribution in [0, 0.1) is 5.41 Å². The van der Waals surface area contributed by atoms with Crippen LogP contribution in [0.4, 0.5) is 0 Å². The van der Waals surface area contributed by atoms with E-state index >= 15 is 0 Å². The molecule has 0 saturated carbocycles. The van der Waals surface area contributed by atoms with Crippen molar-refractivity contribution < 1.29 is 19.7 Å². The van der Waals surface area contributed by atoms with Gasteiger partial charge in [0.25, 0.3) is 0 Å². The molecule has 17 heavy (non-hydrogen) atoms. The Balaban J connectivity index is 2.46. The van der Waals surface area contributed by atoms with Crippen molar-refractivity contribution in [2.75, 3.05) is 20.3 Å². The Morgan fingerprint density at radius 1 is 1.35 bits per heavy atom. The van der Waals surface area contributed by atoms with E-state index in [4.69, 9.17) is 4.74 Å². The fraction of sp³-hybridized carbons (Fsp3) is 0.462. The molecule has 4 heteroatoms. The molecule has 0 aromatic heterocycles. The van der Waals surface area contributed by atoms with Gasteiger partial charge in [-0.2, -0.15) is 0 Å². The highest BCUT2D eigenvalue weighted by molar-refractivity contribution is 6.03. The average Bonchev–Trinajstić information content (AvgIpc) is 2.40. The maximum absolute atomic E-state index is 12.3. The first kappa shape index (κ1) is 12.1. The predicted molar refractivity (Wildman–Crippen MR) is 62.3 cm³/mol. The highest BCUT2D eigenvalue weighted by atomic mass is 16.5. The van der Waals surface area contributed by atoms with E-state index in [2.05, 4.69) is 0 Å². The number of aryl methyl sites for hydroxylation is 1. The Labute approximate surface area is 99.8 Å². The van der Waals surface area contributed by atoms with Gasteiger partial charge >= 0.3 is 0 Å². The van der Waals surface area contributed by atoms with E-state index in [1.165, 1.54) is 0 Å². The number of aliphatic hydroxyl groups excluding tert-OH is 2. The zero-order valence-electron chi connectivity index (χ0n) is 9.77. The lowest BCUT2D eigenvalue weighted by Crippen LogP contribution is -2.42. The number of hydrogen-bond acceptors (Lipinski definition) is 4. The molecule has 4 nitrogen and oxygen atoms in total. The summed E-state index contributed by atoms with van der Waals surface area (Å²) in [5.41, 5.74) is 0.478. The van der Waals surface area contributed by atoms with Crippen LogP contribution in [-0.4, -0.2) is 36.3 Å². The van der Waals surface area contributed by atoms with E-state index in [0.717, 1.165) is 5.56 Å². The summed E-state index contributed by atoms with van der Waals surface area (Å²) in [5, 5.41) is 18.7. The summed E-state index contributed by atoms with van der Waals surface area (Å²) in [7, 11) is 1.54. The van der Waals surface area contributed by atoms with E-state index in [9.17, 15) is 15.0 Å². The average molecular weight is 236 g/mol. The molecule has 0 radical (unpaired) electrons. The van der Waals surface area contributed by atoms with Crippen molar-refractivity contribution >= 4 is 5.78 Å². The fourth-order valence-corrected chi connectivity index (χ4v) is 2.24. The SMILES string of the molecule is COc1ccc2c(c1)C(=O)C(CO)(CO)CC2. The summed E-state index contributed by atoms with van der Waals surface area (Å²) in [6.07, 6.45) is 1.17. The lowest BCUT2D eigenvalue weighted by molar-refractivity contribution is 0.0345. The molecular formula is C13H16O4. The number of Topliss-reactive ketones (excluding diaryl/α,β-unsaturated/α-hetero) is 1. The molecule has 0 aliphatic heterocycles. The van der Waals surface area contributed by atoms with Crippen molar-refractivity contribution in [1.29, 1.82) is 0 Å². The van der Waals surface area contributed by atoms with Gasteiger partial charge in [0.05, 0.1) is 25.7 Å². The summed E-state index contributed by atoms with van der Waals surface area (Å²) in [4.78, 5) is 12.3. The topological polar surface area (TPSA) is 66.8 Å². The molecule has 2 N–H and O–H groups in total. The molecule has 1 aliphatic carbocycles. The number of ether oxygens (including phenoxy) is 1. The molecule has 0 fully saturated rings. The van der Waals surface area contributed by atoms with Gasteiger partial charge in [-0.05, 0) is 30.5 Å². The van der Waals surface area contributed by atoms with E-state index in [0.29, 0.717) is 24.2 Å². The second-order valence-corrected chi connectivity index (χ2v) is 4.45. The minimum atomic E-state index is -1.03.